The maximum atomic E-state index is 12.7. The van der Waals surface area contributed by atoms with Crippen LogP contribution in [0.25, 0.3) is 0 Å². The van der Waals surface area contributed by atoms with Gasteiger partial charge in [-0.2, -0.15) is 0 Å². The SMILES string of the molecule is C=C(CC[C@@H](C(=O)O)[C@H]1[C@H](O)C[C@@]2(C)C3=CC[C@H]4C(C)(C)[C@H](OC(=O)CC(=O)OC)CC[C@]4(C)C3=CC[C@]12C)C(C)C. The Morgan fingerprint density at radius 2 is 1.74 bits per heavy atom. The summed E-state index contributed by atoms with van der Waals surface area (Å²) in [5.74, 6) is -2.46. The Bertz CT molecular complexity index is 1190. The predicted octanol–water partition coefficient (Wildman–Crippen LogP) is 6.65. The number of ether oxygens (including phenoxy) is 2. The zero-order chi connectivity index (χ0) is 31.4. The fraction of sp³-hybridized carbons (Fsp3) is 0.743. The van der Waals surface area contributed by atoms with Crippen LogP contribution in [0, 0.1) is 45.3 Å². The largest absolute Gasteiger partial charge is 0.481 e. The summed E-state index contributed by atoms with van der Waals surface area (Å²) in [5, 5.41) is 22.0. The standard InChI is InChI=1S/C35H52O7/c1-20(2)21(3)10-11-22(31(39)40)30-25(36)19-35(8)24-12-13-26-32(4,5)27(42-29(38)18-28(37)41-9)15-16-33(26,6)23(24)14-17-34(30,35)7/h12,14,20,22,25-27,30,36H,3,10-11,13,15-19H2,1-2,4-9H3,(H,39,40)/t22-,25-,26+,27-,30+,33-,34-,35+/m1/s1. The molecule has 2 saturated carbocycles. The van der Waals surface area contributed by atoms with E-state index >= 15 is 0 Å². The van der Waals surface area contributed by atoms with E-state index in [9.17, 15) is 24.6 Å². The highest BCUT2D eigenvalue weighted by molar-refractivity contribution is 5.91. The summed E-state index contributed by atoms with van der Waals surface area (Å²) in [7, 11) is 1.26. The molecule has 7 nitrogen and oxygen atoms in total. The average Bonchev–Trinajstić information content (AvgIpc) is 3.10. The normalized spacial score (nSPS) is 37.4. The van der Waals surface area contributed by atoms with Gasteiger partial charge in [0.2, 0.25) is 0 Å². The summed E-state index contributed by atoms with van der Waals surface area (Å²) >= 11 is 0. The molecule has 2 N–H and O–H groups in total. The van der Waals surface area contributed by atoms with Crippen LogP contribution in [0.3, 0.4) is 0 Å². The number of methoxy groups -OCH3 is 1. The van der Waals surface area contributed by atoms with Crippen molar-refractivity contribution in [1.29, 1.82) is 0 Å². The molecule has 0 aromatic rings. The van der Waals surface area contributed by atoms with E-state index in [2.05, 4.69) is 71.9 Å². The second-order valence-electron chi connectivity index (χ2n) is 15.1. The number of carbonyl (C=O) groups excluding carboxylic acids is 2. The topological polar surface area (TPSA) is 110 Å². The molecule has 234 valence electrons. The van der Waals surface area contributed by atoms with Crippen molar-refractivity contribution in [2.45, 2.75) is 112 Å². The van der Waals surface area contributed by atoms with Gasteiger partial charge in [-0.15, -0.1) is 0 Å². The molecule has 0 unspecified atom stereocenters. The molecule has 4 rings (SSSR count). The molecule has 0 heterocycles. The van der Waals surface area contributed by atoms with Crippen molar-refractivity contribution in [3.05, 3.63) is 35.5 Å². The highest BCUT2D eigenvalue weighted by Crippen LogP contribution is 2.72. The van der Waals surface area contributed by atoms with Crippen molar-refractivity contribution < 1.29 is 34.1 Å². The highest BCUT2D eigenvalue weighted by Gasteiger charge is 2.66. The van der Waals surface area contributed by atoms with E-state index in [1.54, 1.807) is 0 Å². The molecule has 0 aromatic carbocycles. The quantitative estimate of drug-likeness (QED) is 0.177. The fourth-order valence-corrected chi connectivity index (χ4v) is 9.49. The van der Waals surface area contributed by atoms with E-state index in [4.69, 9.17) is 4.74 Å². The third-order valence-electron chi connectivity index (χ3n) is 12.4. The number of allylic oxidation sites excluding steroid dienone is 5. The molecule has 0 aliphatic heterocycles. The van der Waals surface area contributed by atoms with Crippen LogP contribution in [-0.4, -0.2) is 47.4 Å². The number of aliphatic hydroxyl groups is 1. The van der Waals surface area contributed by atoms with Gasteiger partial charge in [-0.25, -0.2) is 0 Å². The number of rotatable bonds is 9. The zero-order valence-electron chi connectivity index (χ0n) is 26.9. The van der Waals surface area contributed by atoms with Gasteiger partial charge in [0.15, 0.2) is 0 Å². The number of hydrogen-bond acceptors (Lipinski definition) is 6. The van der Waals surface area contributed by atoms with Crippen LogP contribution in [-0.2, 0) is 23.9 Å². The molecular weight excluding hydrogens is 532 g/mol. The molecule has 8 atom stereocenters. The van der Waals surface area contributed by atoms with Crippen LogP contribution in [0.4, 0.5) is 0 Å². The van der Waals surface area contributed by atoms with Gasteiger partial charge >= 0.3 is 17.9 Å². The first-order valence-electron chi connectivity index (χ1n) is 15.7. The van der Waals surface area contributed by atoms with E-state index in [-0.39, 0.29) is 40.6 Å². The Balaban J connectivity index is 1.64. The minimum absolute atomic E-state index is 0.145. The fourth-order valence-electron chi connectivity index (χ4n) is 9.49. The lowest BCUT2D eigenvalue weighted by atomic mass is 9.44. The van der Waals surface area contributed by atoms with Gasteiger partial charge in [0.05, 0.1) is 19.1 Å². The van der Waals surface area contributed by atoms with Crippen LogP contribution < -0.4 is 0 Å². The molecule has 0 amide bonds. The summed E-state index contributed by atoms with van der Waals surface area (Å²) in [5.41, 5.74) is 2.41. The van der Waals surface area contributed by atoms with Crippen LogP contribution in [0.5, 0.6) is 0 Å². The smallest absolute Gasteiger partial charge is 0.317 e. The van der Waals surface area contributed by atoms with Crippen molar-refractivity contribution in [1.82, 2.24) is 0 Å². The number of fused-ring (bicyclic) bond motifs is 5. The first-order valence-corrected chi connectivity index (χ1v) is 15.7. The van der Waals surface area contributed by atoms with Gasteiger partial charge in [-0.1, -0.05) is 72.8 Å². The Kier molecular flexibility index (Phi) is 8.71. The molecule has 2 fully saturated rings. The number of carbonyl (C=O) groups is 3. The lowest BCUT2D eigenvalue weighted by Crippen LogP contribution is -2.55. The molecule has 42 heavy (non-hydrogen) atoms. The molecule has 0 saturated heterocycles. The molecule has 4 aliphatic carbocycles. The van der Waals surface area contributed by atoms with Crippen molar-refractivity contribution >= 4 is 17.9 Å². The van der Waals surface area contributed by atoms with Crippen LogP contribution >= 0.6 is 0 Å². The number of carboxylic acids is 1. The van der Waals surface area contributed by atoms with E-state index in [1.807, 2.05) is 0 Å². The average molecular weight is 585 g/mol. The minimum atomic E-state index is -0.831. The zero-order valence-corrected chi connectivity index (χ0v) is 26.9. The molecule has 0 radical (unpaired) electrons. The van der Waals surface area contributed by atoms with Crippen molar-refractivity contribution in [3.8, 4) is 0 Å². The third kappa shape index (κ3) is 5.07. The molecular formula is C35H52O7. The Morgan fingerprint density at radius 1 is 1.07 bits per heavy atom. The first-order chi connectivity index (χ1) is 19.4. The maximum Gasteiger partial charge on any atom is 0.317 e. The van der Waals surface area contributed by atoms with E-state index < -0.39 is 35.3 Å². The van der Waals surface area contributed by atoms with Crippen molar-refractivity contribution in [2.75, 3.05) is 7.11 Å². The molecule has 0 aromatic heterocycles. The van der Waals surface area contributed by atoms with E-state index in [0.717, 1.165) is 18.4 Å². The first kappa shape index (κ1) is 32.5. The maximum absolute atomic E-state index is 12.7. The molecule has 0 bridgehead atoms. The number of esters is 2. The van der Waals surface area contributed by atoms with Crippen molar-refractivity contribution in [2.24, 2.45) is 45.3 Å². The number of aliphatic hydroxyl groups excluding tert-OH is 1. The monoisotopic (exact) mass is 584 g/mol. The Morgan fingerprint density at radius 3 is 2.33 bits per heavy atom. The summed E-state index contributed by atoms with van der Waals surface area (Å²) in [6.07, 6.45) is 8.03. The lowest BCUT2D eigenvalue weighted by molar-refractivity contribution is -0.171. The minimum Gasteiger partial charge on any atom is -0.481 e. The van der Waals surface area contributed by atoms with Crippen LogP contribution in [0.2, 0.25) is 0 Å². The van der Waals surface area contributed by atoms with Gasteiger partial charge < -0.3 is 19.7 Å². The number of hydrogen-bond donors (Lipinski definition) is 2. The summed E-state index contributed by atoms with van der Waals surface area (Å²) < 4.78 is 10.5. The summed E-state index contributed by atoms with van der Waals surface area (Å²) in [6, 6.07) is 0. The lowest BCUT2D eigenvalue weighted by Gasteiger charge is -2.61. The second-order valence-corrected chi connectivity index (χ2v) is 15.1. The Labute approximate surface area is 251 Å². The van der Waals surface area contributed by atoms with Gasteiger partial charge in [-0.3, -0.25) is 14.4 Å². The van der Waals surface area contributed by atoms with Crippen LogP contribution in [0.1, 0.15) is 99.8 Å². The van der Waals surface area contributed by atoms with E-state index in [1.165, 1.54) is 18.3 Å². The summed E-state index contributed by atoms with van der Waals surface area (Å²) in [6.45, 7) is 19.4. The number of aliphatic carboxylic acids is 1. The number of carboxylic acid groups (broad SMARTS) is 1. The molecule has 4 aliphatic rings. The summed E-state index contributed by atoms with van der Waals surface area (Å²) in [4.78, 5) is 36.8. The second kappa shape index (κ2) is 11.3. The van der Waals surface area contributed by atoms with Crippen LogP contribution in [0.15, 0.2) is 35.5 Å². The molecule has 7 heteroatoms. The van der Waals surface area contributed by atoms with Gasteiger partial charge in [-0.05, 0) is 78.8 Å². The van der Waals surface area contributed by atoms with Gasteiger partial charge in [0.1, 0.15) is 12.5 Å². The third-order valence-corrected chi connectivity index (χ3v) is 12.4. The van der Waals surface area contributed by atoms with E-state index in [0.29, 0.717) is 38.0 Å². The Hall–Kier alpha value is -2.41. The van der Waals surface area contributed by atoms with Gasteiger partial charge in [0.25, 0.3) is 0 Å². The van der Waals surface area contributed by atoms with Gasteiger partial charge in [0, 0.05) is 16.7 Å². The molecule has 0 spiro atoms. The predicted molar refractivity (Wildman–Crippen MR) is 161 cm³/mol. The highest BCUT2D eigenvalue weighted by atomic mass is 16.6. The van der Waals surface area contributed by atoms with Crippen molar-refractivity contribution in [3.63, 3.8) is 0 Å².